The molecule has 170 valence electrons. The first-order valence-electron chi connectivity index (χ1n) is 10.6. The van der Waals surface area contributed by atoms with Crippen molar-refractivity contribution in [1.82, 2.24) is 10.6 Å². The van der Waals surface area contributed by atoms with Gasteiger partial charge in [-0.05, 0) is 42.7 Å². The Kier molecular flexibility index (Phi) is 7.14. The van der Waals surface area contributed by atoms with Gasteiger partial charge < -0.3 is 16.4 Å². The molecule has 0 spiro atoms. The highest BCUT2D eigenvalue weighted by molar-refractivity contribution is 5.95. The van der Waals surface area contributed by atoms with Gasteiger partial charge in [0.1, 0.15) is 0 Å². The fourth-order valence-electron chi connectivity index (χ4n) is 3.74. The van der Waals surface area contributed by atoms with Crippen LogP contribution >= 0.6 is 0 Å². The number of fused-ring (bicyclic) bond motifs is 2. The number of urea groups is 2. The lowest BCUT2D eigenvalue weighted by Gasteiger charge is -2.29. The summed E-state index contributed by atoms with van der Waals surface area (Å²) in [6.07, 6.45) is 1.78. The summed E-state index contributed by atoms with van der Waals surface area (Å²) >= 11 is 0. The topological polar surface area (TPSA) is 134 Å². The highest BCUT2D eigenvalue weighted by Crippen LogP contribution is 2.28. The molecule has 2 aromatic carbocycles. The molecule has 4 amide bonds. The second kappa shape index (κ2) is 9.99. The van der Waals surface area contributed by atoms with Crippen LogP contribution in [0, 0.1) is 10.1 Å². The van der Waals surface area contributed by atoms with Crippen molar-refractivity contribution in [1.29, 1.82) is 0 Å². The van der Waals surface area contributed by atoms with Crippen molar-refractivity contribution < 1.29 is 14.5 Å². The molecular formula is C22H28N6O4. The number of benzene rings is 2. The SMILES string of the molecule is CCCN1C(=O)NCc2cc(N)ccc21.CCCN1C(=O)NCc2cc([N+](=O)[O-])ccc21. The van der Waals surface area contributed by atoms with Gasteiger partial charge in [0.25, 0.3) is 5.69 Å². The van der Waals surface area contributed by atoms with Crippen molar-refractivity contribution >= 4 is 34.8 Å². The molecule has 4 N–H and O–H groups in total. The number of nitrogens with zero attached hydrogens (tertiary/aromatic N) is 3. The van der Waals surface area contributed by atoms with Crippen LogP contribution in [0.4, 0.5) is 32.3 Å². The minimum absolute atomic E-state index is 0.0193. The quantitative estimate of drug-likeness (QED) is 0.370. The summed E-state index contributed by atoms with van der Waals surface area (Å²) in [6, 6.07) is 10.1. The fraction of sp³-hybridized carbons (Fsp3) is 0.364. The zero-order valence-electron chi connectivity index (χ0n) is 18.3. The molecule has 0 atom stereocenters. The molecule has 2 aromatic rings. The lowest BCUT2D eigenvalue weighted by molar-refractivity contribution is -0.384. The number of nitrogen functional groups attached to an aromatic ring is 1. The average molecular weight is 441 g/mol. The summed E-state index contributed by atoms with van der Waals surface area (Å²) in [4.78, 5) is 36.9. The standard InChI is InChI=1S/C11H13N3O3.C11H15N3O/c1-2-5-13-10-4-3-9(14(16)17)6-8(10)7-12-11(13)15;1-2-5-14-10-4-3-9(12)6-8(10)7-13-11(14)15/h3-4,6H,2,5,7H2,1H3,(H,12,15);3-4,6H,2,5,7,12H2,1H3,(H,13,15). The van der Waals surface area contributed by atoms with E-state index in [1.54, 1.807) is 15.9 Å². The lowest BCUT2D eigenvalue weighted by atomic mass is 10.1. The van der Waals surface area contributed by atoms with Gasteiger partial charge in [-0.2, -0.15) is 0 Å². The van der Waals surface area contributed by atoms with E-state index in [0.29, 0.717) is 19.6 Å². The fourth-order valence-corrected chi connectivity index (χ4v) is 3.74. The number of carbonyl (C=O) groups is 2. The van der Waals surface area contributed by atoms with Crippen molar-refractivity contribution in [2.75, 3.05) is 28.6 Å². The van der Waals surface area contributed by atoms with Gasteiger partial charge in [-0.3, -0.25) is 19.9 Å². The smallest absolute Gasteiger partial charge is 0.322 e. The van der Waals surface area contributed by atoms with Gasteiger partial charge in [-0.1, -0.05) is 13.8 Å². The minimum Gasteiger partial charge on any atom is -0.399 e. The van der Waals surface area contributed by atoms with Crippen LogP contribution in [0.1, 0.15) is 37.8 Å². The van der Waals surface area contributed by atoms with Crippen molar-refractivity contribution in [3.8, 4) is 0 Å². The van der Waals surface area contributed by atoms with E-state index in [1.807, 2.05) is 25.1 Å². The molecule has 0 saturated carbocycles. The third-order valence-electron chi connectivity index (χ3n) is 5.20. The van der Waals surface area contributed by atoms with Crippen molar-refractivity contribution in [3.05, 3.63) is 57.6 Å². The summed E-state index contributed by atoms with van der Waals surface area (Å²) in [5.41, 5.74) is 10.1. The summed E-state index contributed by atoms with van der Waals surface area (Å²) in [5.74, 6) is 0. The predicted octanol–water partition coefficient (Wildman–Crippen LogP) is 3.74. The summed E-state index contributed by atoms with van der Waals surface area (Å²) in [7, 11) is 0. The average Bonchev–Trinajstić information content (AvgIpc) is 2.78. The number of non-ortho nitro benzene ring substituents is 1. The number of nitrogens with one attached hydrogen (secondary N) is 2. The van der Waals surface area contributed by atoms with E-state index >= 15 is 0 Å². The van der Waals surface area contributed by atoms with E-state index in [1.165, 1.54) is 12.1 Å². The molecule has 10 heteroatoms. The number of rotatable bonds is 5. The first-order valence-corrected chi connectivity index (χ1v) is 10.6. The third kappa shape index (κ3) is 4.90. The van der Waals surface area contributed by atoms with E-state index < -0.39 is 4.92 Å². The van der Waals surface area contributed by atoms with Crippen molar-refractivity contribution in [2.45, 2.75) is 39.8 Å². The van der Waals surface area contributed by atoms with Gasteiger partial charge >= 0.3 is 12.1 Å². The summed E-state index contributed by atoms with van der Waals surface area (Å²) in [6.45, 7) is 6.29. The summed E-state index contributed by atoms with van der Waals surface area (Å²) in [5, 5.41) is 16.2. The Balaban J connectivity index is 0.000000182. The van der Waals surface area contributed by atoms with Gasteiger partial charge in [0.05, 0.1) is 16.3 Å². The van der Waals surface area contributed by atoms with Crippen LogP contribution in [0.15, 0.2) is 36.4 Å². The van der Waals surface area contributed by atoms with Gasteiger partial charge in [-0.15, -0.1) is 0 Å². The number of hydrogen-bond acceptors (Lipinski definition) is 5. The Bertz CT molecular complexity index is 1030. The zero-order valence-corrected chi connectivity index (χ0v) is 18.3. The van der Waals surface area contributed by atoms with E-state index in [4.69, 9.17) is 5.73 Å². The first kappa shape index (κ1) is 22.9. The molecular weight excluding hydrogens is 412 g/mol. The number of nitro groups is 1. The largest absolute Gasteiger partial charge is 0.399 e. The van der Waals surface area contributed by atoms with Crippen LogP contribution in [0.2, 0.25) is 0 Å². The van der Waals surface area contributed by atoms with E-state index in [2.05, 4.69) is 17.6 Å². The molecule has 0 aromatic heterocycles. The maximum Gasteiger partial charge on any atom is 0.322 e. The lowest BCUT2D eigenvalue weighted by Crippen LogP contribution is -2.44. The number of amides is 4. The van der Waals surface area contributed by atoms with Crippen LogP contribution in [0.5, 0.6) is 0 Å². The molecule has 2 heterocycles. The molecule has 0 saturated heterocycles. The Morgan fingerprint density at radius 3 is 1.91 bits per heavy atom. The molecule has 10 nitrogen and oxygen atoms in total. The molecule has 0 unspecified atom stereocenters. The molecule has 4 rings (SSSR count). The first-order chi connectivity index (χ1) is 15.3. The molecule has 2 aliphatic rings. The number of hydrogen-bond donors (Lipinski definition) is 3. The minimum atomic E-state index is -0.430. The molecule has 0 fully saturated rings. The number of nitro benzene ring substituents is 1. The maximum atomic E-state index is 11.6. The Morgan fingerprint density at radius 2 is 1.41 bits per heavy atom. The molecule has 2 aliphatic heterocycles. The molecule has 0 aliphatic carbocycles. The third-order valence-corrected chi connectivity index (χ3v) is 5.20. The highest BCUT2D eigenvalue weighted by Gasteiger charge is 2.25. The van der Waals surface area contributed by atoms with Crippen LogP contribution in [0.3, 0.4) is 0 Å². The molecule has 0 bridgehead atoms. The van der Waals surface area contributed by atoms with E-state index in [-0.39, 0.29) is 17.7 Å². The number of nitrogens with two attached hydrogens (primary N) is 1. The molecule has 32 heavy (non-hydrogen) atoms. The number of anilines is 3. The normalized spacial score (nSPS) is 14.4. The van der Waals surface area contributed by atoms with Gasteiger partial charge in [-0.25, -0.2) is 9.59 Å². The highest BCUT2D eigenvalue weighted by atomic mass is 16.6. The maximum absolute atomic E-state index is 11.6. The van der Waals surface area contributed by atoms with Crippen LogP contribution in [0.25, 0.3) is 0 Å². The van der Waals surface area contributed by atoms with E-state index in [9.17, 15) is 19.7 Å². The summed E-state index contributed by atoms with van der Waals surface area (Å²) < 4.78 is 0. The second-order valence-corrected chi connectivity index (χ2v) is 7.58. The van der Waals surface area contributed by atoms with Crippen molar-refractivity contribution in [3.63, 3.8) is 0 Å². The Hall–Kier alpha value is -3.82. The van der Waals surface area contributed by atoms with Crippen LogP contribution in [-0.4, -0.2) is 30.1 Å². The van der Waals surface area contributed by atoms with Gasteiger partial charge in [0.2, 0.25) is 0 Å². The van der Waals surface area contributed by atoms with Gasteiger partial charge in [0.15, 0.2) is 0 Å². The predicted molar refractivity (Wildman–Crippen MR) is 124 cm³/mol. The van der Waals surface area contributed by atoms with Crippen LogP contribution in [-0.2, 0) is 13.1 Å². The van der Waals surface area contributed by atoms with Gasteiger partial charge in [0, 0.05) is 49.6 Å². The Labute approximate surface area is 186 Å². The second-order valence-electron chi connectivity index (χ2n) is 7.58. The molecule has 0 radical (unpaired) electrons. The van der Waals surface area contributed by atoms with E-state index in [0.717, 1.165) is 47.6 Å². The zero-order chi connectivity index (χ0) is 23.3. The monoisotopic (exact) mass is 440 g/mol. The Morgan fingerprint density at radius 1 is 0.906 bits per heavy atom. The number of carbonyl (C=O) groups excluding carboxylic acids is 2. The van der Waals surface area contributed by atoms with Crippen LogP contribution < -0.4 is 26.2 Å². The van der Waals surface area contributed by atoms with Crippen molar-refractivity contribution in [2.24, 2.45) is 0 Å².